The van der Waals surface area contributed by atoms with Crippen LogP contribution in [0.3, 0.4) is 0 Å². The van der Waals surface area contributed by atoms with Gasteiger partial charge in [-0.2, -0.15) is 0 Å². The minimum absolute atomic E-state index is 0.0515. The van der Waals surface area contributed by atoms with Crippen LogP contribution >= 0.6 is 11.8 Å². The molecule has 2 aromatic carbocycles. The molecule has 2 aromatic heterocycles. The number of hydrogen-bond acceptors (Lipinski definition) is 6. The lowest BCUT2D eigenvalue weighted by Gasteiger charge is -2.11. The van der Waals surface area contributed by atoms with E-state index in [0.717, 1.165) is 39.8 Å². The number of benzene rings is 2. The summed E-state index contributed by atoms with van der Waals surface area (Å²) in [5.41, 5.74) is 1.07. The number of nitrogens with zero attached hydrogens (tertiary/aromatic N) is 5. The van der Waals surface area contributed by atoms with Crippen molar-refractivity contribution >= 4 is 28.2 Å². The Hall–Kier alpha value is -3.26. The summed E-state index contributed by atoms with van der Waals surface area (Å²) in [5.74, 6) is 1.42. The second-order valence-corrected chi connectivity index (χ2v) is 7.66. The minimum Gasteiger partial charge on any atom is -0.274 e. The topological polar surface area (TPSA) is 86.7 Å². The van der Waals surface area contributed by atoms with Crippen molar-refractivity contribution < 1.29 is 4.92 Å². The third-order valence-electron chi connectivity index (χ3n) is 4.77. The van der Waals surface area contributed by atoms with Crippen LogP contribution in [0, 0.1) is 10.1 Å². The van der Waals surface area contributed by atoms with Crippen molar-refractivity contribution in [3.63, 3.8) is 0 Å². The van der Waals surface area contributed by atoms with Gasteiger partial charge in [-0.25, -0.2) is 0 Å². The van der Waals surface area contributed by atoms with Gasteiger partial charge in [0.15, 0.2) is 0 Å². The molecule has 1 fully saturated rings. The Labute approximate surface area is 164 Å². The third-order valence-corrected chi connectivity index (χ3v) is 5.79. The van der Waals surface area contributed by atoms with E-state index in [0.29, 0.717) is 11.3 Å². The van der Waals surface area contributed by atoms with Crippen molar-refractivity contribution in [3.8, 4) is 5.69 Å². The van der Waals surface area contributed by atoms with Gasteiger partial charge in [0.2, 0.25) is 5.16 Å². The smallest absolute Gasteiger partial charge is 0.274 e. The van der Waals surface area contributed by atoms with Crippen LogP contribution in [0.25, 0.3) is 16.5 Å². The molecule has 1 aliphatic carbocycles. The molecule has 0 atom stereocenters. The van der Waals surface area contributed by atoms with Gasteiger partial charge in [0, 0.05) is 40.3 Å². The van der Waals surface area contributed by atoms with Gasteiger partial charge in [0.25, 0.3) is 5.69 Å². The number of fused-ring (bicyclic) bond motifs is 1. The summed E-state index contributed by atoms with van der Waals surface area (Å²) in [4.78, 5) is 15.9. The highest BCUT2D eigenvalue weighted by Gasteiger charge is 2.31. The van der Waals surface area contributed by atoms with Crippen LogP contribution in [0.5, 0.6) is 0 Å². The minimum atomic E-state index is -0.379. The number of non-ortho nitro benzene ring substituents is 1. The van der Waals surface area contributed by atoms with E-state index in [4.69, 9.17) is 0 Å². The van der Waals surface area contributed by atoms with Crippen LogP contribution in [-0.2, 0) is 0 Å². The first kappa shape index (κ1) is 16.9. The number of pyridine rings is 1. The molecule has 0 radical (unpaired) electrons. The molecular formula is C20H15N5O2S. The molecule has 0 unspecified atom stereocenters. The third kappa shape index (κ3) is 2.91. The van der Waals surface area contributed by atoms with Crippen molar-refractivity contribution in [2.24, 2.45) is 0 Å². The standard InChI is InChI=1S/C20H15N5O2S/c26-25(27)17-8-9-18(15-10-11-21-12-16(15)17)28-20-23-22-19(13-6-7-13)24(20)14-4-2-1-3-5-14/h1-5,8-13H,6-7H2. The van der Waals surface area contributed by atoms with Gasteiger partial charge in [-0.3, -0.25) is 19.7 Å². The van der Waals surface area contributed by atoms with Gasteiger partial charge in [-0.15, -0.1) is 10.2 Å². The van der Waals surface area contributed by atoms with E-state index in [1.807, 2.05) is 30.3 Å². The van der Waals surface area contributed by atoms with Gasteiger partial charge < -0.3 is 0 Å². The van der Waals surface area contributed by atoms with E-state index in [1.165, 1.54) is 24.0 Å². The van der Waals surface area contributed by atoms with Crippen molar-refractivity contribution in [2.45, 2.75) is 28.8 Å². The maximum atomic E-state index is 11.4. The molecule has 0 N–H and O–H groups in total. The summed E-state index contributed by atoms with van der Waals surface area (Å²) < 4.78 is 2.09. The zero-order chi connectivity index (χ0) is 19.1. The summed E-state index contributed by atoms with van der Waals surface area (Å²) >= 11 is 1.46. The number of nitro benzene ring substituents is 1. The molecule has 2 heterocycles. The van der Waals surface area contributed by atoms with Crippen molar-refractivity contribution in [2.75, 3.05) is 0 Å². The van der Waals surface area contributed by atoms with Crippen LogP contribution in [0.4, 0.5) is 5.69 Å². The van der Waals surface area contributed by atoms with Gasteiger partial charge in [-0.05, 0) is 48.9 Å². The van der Waals surface area contributed by atoms with Gasteiger partial charge in [0.1, 0.15) is 5.82 Å². The predicted octanol–water partition coefficient (Wildman–Crippen LogP) is 4.75. The zero-order valence-corrected chi connectivity index (χ0v) is 15.5. The highest BCUT2D eigenvalue weighted by Crippen LogP contribution is 2.43. The molecular weight excluding hydrogens is 374 g/mol. The first-order chi connectivity index (χ1) is 13.7. The van der Waals surface area contributed by atoms with E-state index in [2.05, 4.69) is 19.7 Å². The average molecular weight is 389 g/mol. The first-order valence-electron chi connectivity index (χ1n) is 8.92. The highest BCUT2D eigenvalue weighted by atomic mass is 32.2. The Morgan fingerprint density at radius 1 is 1.04 bits per heavy atom. The Bertz CT molecular complexity index is 1190. The van der Waals surface area contributed by atoms with Crippen LogP contribution < -0.4 is 0 Å². The van der Waals surface area contributed by atoms with Crippen LogP contribution in [-0.4, -0.2) is 24.7 Å². The lowest BCUT2D eigenvalue weighted by molar-refractivity contribution is -0.383. The molecule has 0 spiro atoms. The number of hydrogen-bond donors (Lipinski definition) is 0. The molecule has 1 aliphatic rings. The molecule has 0 bridgehead atoms. The summed E-state index contributed by atoms with van der Waals surface area (Å²) in [6.07, 6.45) is 5.44. The maximum absolute atomic E-state index is 11.4. The van der Waals surface area contributed by atoms with Gasteiger partial charge >= 0.3 is 0 Å². The monoisotopic (exact) mass is 389 g/mol. The normalized spacial score (nSPS) is 13.7. The molecule has 28 heavy (non-hydrogen) atoms. The summed E-state index contributed by atoms with van der Waals surface area (Å²) in [6, 6.07) is 15.1. The lowest BCUT2D eigenvalue weighted by atomic mass is 10.1. The second-order valence-electron chi connectivity index (χ2n) is 6.65. The number of aromatic nitrogens is 4. The number of nitro groups is 1. The highest BCUT2D eigenvalue weighted by molar-refractivity contribution is 7.99. The lowest BCUT2D eigenvalue weighted by Crippen LogP contribution is -2.01. The average Bonchev–Trinajstić information content (AvgIpc) is 3.49. The molecule has 7 nitrogen and oxygen atoms in total. The summed E-state index contributed by atoms with van der Waals surface area (Å²) in [5, 5.41) is 22.3. The van der Waals surface area contributed by atoms with Crippen molar-refractivity contribution in [1.82, 2.24) is 19.7 Å². The SMILES string of the molecule is O=[N+]([O-])c1ccc(Sc2nnc(C3CC3)n2-c2ccccc2)c2ccncc12. The van der Waals surface area contributed by atoms with Crippen LogP contribution in [0.2, 0.25) is 0 Å². The molecule has 0 aliphatic heterocycles. The van der Waals surface area contributed by atoms with Crippen molar-refractivity contribution in [1.29, 1.82) is 0 Å². The van der Waals surface area contributed by atoms with E-state index < -0.39 is 0 Å². The van der Waals surface area contributed by atoms with E-state index in [9.17, 15) is 10.1 Å². The fraction of sp³-hybridized carbons (Fsp3) is 0.150. The molecule has 138 valence electrons. The quantitative estimate of drug-likeness (QED) is 0.361. The molecule has 4 aromatic rings. The number of para-hydroxylation sites is 1. The summed E-state index contributed by atoms with van der Waals surface area (Å²) in [7, 11) is 0. The fourth-order valence-corrected chi connectivity index (χ4v) is 4.26. The van der Waals surface area contributed by atoms with Gasteiger partial charge in [-0.1, -0.05) is 18.2 Å². The molecule has 0 saturated heterocycles. The first-order valence-corrected chi connectivity index (χ1v) is 9.74. The molecule has 8 heteroatoms. The molecule has 5 rings (SSSR count). The Morgan fingerprint density at radius 3 is 2.61 bits per heavy atom. The van der Waals surface area contributed by atoms with E-state index >= 15 is 0 Å². The van der Waals surface area contributed by atoms with Gasteiger partial charge in [0.05, 0.1) is 10.3 Å². The van der Waals surface area contributed by atoms with Crippen molar-refractivity contribution in [3.05, 3.63) is 76.9 Å². The Balaban J connectivity index is 1.63. The predicted molar refractivity (Wildman–Crippen MR) is 106 cm³/mol. The number of rotatable bonds is 5. The maximum Gasteiger partial charge on any atom is 0.278 e. The second kappa shape index (κ2) is 6.72. The van der Waals surface area contributed by atoms with Crippen LogP contribution in [0.1, 0.15) is 24.6 Å². The summed E-state index contributed by atoms with van der Waals surface area (Å²) in [6.45, 7) is 0. The Morgan fingerprint density at radius 2 is 1.86 bits per heavy atom. The zero-order valence-electron chi connectivity index (χ0n) is 14.7. The Kier molecular flexibility index (Phi) is 4.05. The largest absolute Gasteiger partial charge is 0.278 e. The van der Waals surface area contributed by atoms with E-state index in [1.54, 1.807) is 18.3 Å². The molecule has 0 amide bonds. The van der Waals surface area contributed by atoms with Crippen LogP contribution in [0.15, 0.2) is 71.0 Å². The fourth-order valence-electron chi connectivity index (χ4n) is 3.27. The molecule has 1 saturated carbocycles. The van der Waals surface area contributed by atoms with E-state index in [-0.39, 0.29) is 10.6 Å².